The van der Waals surface area contributed by atoms with Crippen molar-refractivity contribution in [1.82, 2.24) is 52.3 Å². The molecule has 18 nitrogen and oxygen atoms in total. The zero-order valence-corrected chi connectivity index (χ0v) is 47.8. The number of amides is 8. The van der Waals surface area contributed by atoms with Gasteiger partial charge in [-0.1, -0.05) is 90.1 Å². The molecule has 0 bridgehead atoms. The summed E-state index contributed by atoms with van der Waals surface area (Å²) < 4.78 is 0.387. The highest BCUT2D eigenvalue weighted by molar-refractivity contribution is 9.10. The van der Waals surface area contributed by atoms with Crippen LogP contribution in [0.15, 0.2) is 71.2 Å². The normalized spacial score (nSPS) is 22.7. The van der Waals surface area contributed by atoms with Gasteiger partial charge in [-0.2, -0.15) is 0 Å². The number of likely N-dealkylation sites (tertiary alicyclic amines) is 2. The first-order valence-corrected chi connectivity index (χ1v) is 27.9. The number of carbonyl (C=O) groups excluding carboxylic acids is 8. The van der Waals surface area contributed by atoms with E-state index in [1.807, 2.05) is 77.9 Å². The number of aryl methyl sites for hydroxylation is 2. The molecular weight excluding hydrogens is 1040 g/mol. The van der Waals surface area contributed by atoms with Gasteiger partial charge in [0, 0.05) is 35.2 Å². The van der Waals surface area contributed by atoms with Crippen LogP contribution < -0.4 is 42.5 Å². The lowest BCUT2D eigenvalue weighted by molar-refractivity contribution is -0.144. The topological polar surface area (TPSA) is 239 Å². The number of rotatable bonds is 16. The van der Waals surface area contributed by atoms with Crippen LogP contribution in [0.2, 0.25) is 0 Å². The fourth-order valence-electron chi connectivity index (χ4n) is 11.0. The Bertz CT molecular complexity index is 2720. The Hall–Kier alpha value is -6.18. The van der Waals surface area contributed by atoms with Crippen molar-refractivity contribution in [1.29, 1.82) is 0 Å². The van der Waals surface area contributed by atoms with Crippen molar-refractivity contribution in [3.63, 3.8) is 0 Å². The zero-order valence-electron chi connectivity index (χ0n) is 46.2. The molecule has 2 aliphatic carbocycles. The second-order valence-corrected chi connectivity index (χ2v) is 24.3. The van der Waals surface area contributed by atoms with Crippen LogP contribution in [0.1, 0.15) is 149 Å². The van der Waals surface area contributed by atoms with Crippen LogP contribution in [0.25, 0.3) is 0 Å². The van der Waals surface area contributed by atoms with Gasteiger partial charge in [0.2, 0.25) is 35.4 Å². The third kappa shape index (κ3) is 13.8. The lowest BCUT2D eigenvalue weighted by Gasteiger charge is -2.36. The van der Waals surface area contributed by atoms with Crippen molar-refractivity contribution in [2.45, 2.75) is 167 Å². The standard InChI is InChI=1S/C58H79BrN10O8/c1-32(60-9)49(70)66-47(57(3,4)5)55(76)68-30-37(28-45(68)53(74)64-43-23-15-19-34-17-11-13-21-39(34)43)62-51(72)36-25-26-42(59)41(27-36)52(73)63-38-29-46(54(75)65-44-24-16-20-35-18-12-14-22-40(35)44)69(31-38)56(77)48(58(6,7)8)67-50(71)33(2)61-10/h11-14,17-18,21-22,25-27,32-33,37-38,43-48,60-61H,15-16,19-20,23-24,28-31H2,1-10H3,(H,62,72)(H,63,73)(H,64,74)(H,65,75)(H,66,70)(H,67,71)/t32-,33-,37-,38-,43+,44+,45?,46?,47+,48?/m0/s1. The van der Waals surface area contributed by atoms with Crippen LogP contribution in [-0.4, -0.2) is 133 Å². The van der Waals surface area contributed by atoms with Gasteiger partial charge in [0.1, 0.15) is 24.2 Å². The molecule has 10 atom stereocenters. The summed E-state index contributed by atoms with van der Waals surface area (Å²) >= 11 is 3.51. The van der Waals surface area contributed by atoms with E-state index in [1.165, 1.54) is 15.9 Å². The first-order valence-electron chi connectivity index (χ1n) is 27.1. The average Bonchev–Trinajstić information content (AvgIpc) is 4.03. The molecule has 3 aromatic carbocycles. The van der Waals surface area contributed by atoms with Gasteiger partial charge in [0.25, 0.3) is 11.8 Å². The van der Waals surface area contributed by atoms with Crippen molar-refractivity contribution >= 4 is 63.2 Å². The van der Waals surface area contributed by atoms with E-state index < -0.39 is 82.8 Å². The Morgan fingerprint density at radius 2 is 0.987 bits per heavy atom. The molecular formula is C58H79BrN10O8. The molecule has 0 aromatic heterocycles. The summed E-state index contributed by atoms with van der Waals surface area (Å²) in [7, 11) is 3.30. The van der Waals surface area contributed by atoms with Crippen LogP contribution in [0.5, 0.6) is 0 Å². The molecule has 8 N–H and O–H groups in total. The van der Waals surface area contributed by atoms with E-state index in [0.29, 0.717) is 4.47 Å². The lowest BCUT2D eigenvalue weighted by Crippen LogP contribution is -2.59. The first kappa shape index (κ1) is 58.5. The van der Waals surface area contributed by atoms with E-state index in [2.05, 4.69) is 70.6 Å². The van der Waals surface area contributed by atoms with Crippen LogP contribution in [-0.2, 0) is 41.6 Å². The number of nitrogens with one attached hydrogen (secondary N) is 8. The summed E-state index contributed by atoms with van der Waals surface area (Å²) in [5, 5.41) is 24.2. The van der Waals surface area contributed by atoms with Crippen LogP contribution in [0.3, 0.4) is 0 Å². The van der Waals surface area contributed by atoms with Gasteiger partial charge in [-0.25, -0.2) is 0 Å². The Labute approximate surface area is 461 Å². The van der Waals surface area contributed by atoms with E-state index in [4.69, 9.17) is 0 Å². The van der Waals surface area contributed by atoms with Gasteiger partial charge >= 0.3 is 0 Å². The molecule has 0 radical (unpaired) electrons. The number of hydrogen-bond donors (Lipinski definition) is 8. The number of benzene rings is 3. The van der Waals surface area contributed by atoms with E-state index >= 15 is 0 Å². The Morgan fingerprint density at radius 1 is 0.571 bits per heavy atom. The molecule has 2 fully saturated rings. The second kappa shape index (κ2) is 24.7. The maximum atomic E-state index is 14.7. The highest BCUT2D eigenvalue weighted by Crippen LogP contribution is 2.34. The first-order chi connectivity index (χ1) is 36.4. The maximum absolute atomic E-state index is 14.7. The molecule has 3 aromatic rings. The minimum Gasteiger partial charge on any atom is -0.347 e. The zero-order chi connectivity index (χ0) is 56.1. The molecule has 3 unspecified atom stereocenters. The monoisotopic (exact) mass is 1120 g/mol. The predicted molar refractivity (Wildman–Crippen MR) is 297 cm³/mol. The molecule has 7 rings (SSSR count). The van der Waals surface area contributed by atoms with Gasteiger partial charge in [0.15, 0.2) is 0 Å². The minimum absolute atomic E-state index is 0.0228. The molecule has 4 aliphatic rings. The molecule has 2 aliphatic heterocycles. The van der Waals surface area contributed by atoms with Crippen LogP contribution in [0, 0.1) is 10.8 Å². The fourth-order valence-corrected chi connectivity index (χ4v) is 11.4. The molecule has 416 valence electrons. The molecule has 19 heteroatoms. The lowest BCUT2D eigenvalue weighted by atomic mass is 9.85. The third-order valence-electron chi connectivity index (χ3n) is 15.7. The molecule has 2 saturated heterocycles. The van der Waals surface area contributed by atoms with E-state index in [9.17, 15) is 38.4 Å². The number of halogens is 1. The highest BCUT2D eigenvalue weighted by atomic mass is 79.9. The maximum Gasteiger partial charge on any atom is 0.252 e. The second-order valence-electron chi connectivity index (χ2n) is 23.5. The van der Waals surface area contributed by atoms with Gasteiger partial charge < -0.3 is 52.3 Å². The van der Waals surface area contributed by atoms with Gasteiger partial charge in [-0.3, -0.25) is 38.4 Å². The van der Waals surface area contributed by atoms with Crippen molar-refractivity contribution in [3.05, 3.63) is 105 Å². The highest BCUT2D eigenvalue weighted by Gasteiger charge is 2.48. The molecule has 2 heterocycles. The largest absolute Gasteiger partial charge is 0.347 e. The smallest absolute Gasteiger partial charge is 0.252 e. The van der Waals surface area contributed by atoms with Crippen molar-refractivity contribution in [2.75, 3.05) is 27.2 Å². The summed E-state index contributed by atoms with van der Waals surface area (Å²) in [5.41, 5.74) is 3.13. The van der Waals surface area contributed by atoms with E-state index in [-0.39, 0.29) is 72.8 Å². The average molecular weight is 1120 g/mol. The van der Waals surface area contributed by atoms with Gasteiger partial charge in [-0.05, 0) is 147 Å². The number of nitrogens with zero attached hydrogens (tertiary/aromatic N) is 2. The van der Waals surface area contributed by atoms with E-state index in [1.54, 1.807) is 40.1 Å². The summed E-state index contributed by atoms with van der Waals surface area (Å²) in [4.78, 5) is 117. The fraction of sp³-hybridized carbons (Fsp3) is 0.552. The Balaban J connectivity index is 1.10. The van der Waals surface area contributed by atoms with Crippen molar-refractivity contribution < 1.29 is 38.4 Å². The molecule has 77 heavy (non-hydrogen) atoms. The predicted octanol–water partition coefficient (Wildman–Crippen LogP) is 4.51. The Kier molecular flexibility index (Phi) is 18.7. The van der Waals surface area contributed by atoms with Crippen molar-refractivity contribution in [2.24, 2.45) is 10.8 Å². The van der Waals surface area contributed by atoms with Gasteiger partial charge in [0.05, 0.1) is 29.7 Å². The summed E-state index contributed by atoms with van der Waals surface area (Å²) in [6, 6.07) is 13.5. The summed E-state index contributed by atoms with van der Waals surface area (Å²) in [6.07, 6.45) is 5.18. The molecule has 0 spiro atoms. The minimum atomic E-state index is -1.01. The number of carbonyl (C=O) groups is 8. The quantitative estimate of drug-likeness (QED) is 0.0999. The molecule has 8 amide bonds. The van der Waals surface area contributed by atoms with Crippen LogP contribution >= 0.6 is 15.9 Å². The van der Waals surface area contributed by atoms with Gasteiger partial charge in [-0.15, -0.1) is 0 Å². The number of fused-ring (bicyclic) bond motifs is 2. The summed E-state index contributed by atoms with van der Waals surface area (Å²) in [5.74, 6) is -3.50. The van der Waals surface area contributed by atoms with E-state index in [0.717, 1.165) is 60.8 Å². The molecule has 0 saturated carbocycles. The van der Waals surface area contributed by atoms with Crippen molar-refractivity contribution in [3.8, 4) is 0 Å². The number of hydrogen-bond acceptors (Lipinski definition) is 10. The van der Waals surface area contributed by atoms with Crippen LogP contribution in [0.4, 0.5) is 0 Å². The summed E-state index contributed by atoms with van der Waals surface area (Å²) in [6.45, 7) is 14.4. The SMILES string of the molecule is CN[C@@H](C)C(=O)NC(C(=O)N1C[C@@H](NC(=O)c2cc(C(=O)N[C@H]3CC(C(=O)N[C@@H]4CCCc5ccccc54)N(C(=O)[C@@H](NC(=O)[C@H](C)NC)C(C)(C)C)C3)ccc2Br)CC1C(=O)N[C@@H]1CCCc2ccccc21)C(C)(C)C. The Morgan fingerprint density at radius 3 is 1.40 bits per heavy atom. The number of likely N-dealkylation sites (N-methyl/N-ethyl adjacent to an activating group) is 2. The third-order valence-corrected chi connectivity index (χ3v) is 16.4.